The van der Waals surface area contributed by atoms with Gasteiger partial charge >= 0.3 is 0 Å². The van der Waals surface area contributed by atoms with E-state index in [1.807, 2.05) is 13.8 Å². The van der Waals surface area contributed by atoms with Gasteiger partial charge in [0.05, 0.1) is 0 Å². The first-order chi connectivity index (χ1) is 7.52. The third kappa shape index (κ3) is 2.85. The topological polar surface area (TPSA) is 52.3 Å². The van der Waals surface area contributed by atoms with Crippen LogP contribution in [-0.2, 0) is 9.53 Å². The molecule has 92 valence electrons. The molecule has 3 heteroatoms. The summed E-state index contributed by atoms with van der Waals surface area (Å²) in [7, 11) is 1.69. The maximum absolute atomic E-state index is 11.6. The van der Waals surface area contributed by atoms with Crippen molar-refractivity contribution >= 4 is 5.78 Å². The second-order valence-corrected chi connectivity index (χ2v) is 4.92. The van der Waals surface area contributed by atoms with E-state index < -0.39 is 0 Å². The van der Waals surface area contributed by atoms with Crippen LogP contribution >= 0.6 is 0 Å². The average Bonchev–Trinajstić information content (AvgIpc) is 2.29. The summed E-state index contributed by atoms with van der Waals surface area (Å²) >= 11 is 0. The first kappa shape index (κ1) is 13.2. The predicted molar refractivity (Wildman–Crippen MR) is 64.9 cm³/mol. The normalized spacial score (nSPS) is 21.1. The Balaban J connectivity index is 2.82. The molecule has 1 rings (SSSR count). The van der Waals surface area contributed by atoms with Crippen LogP contribution in [-0.4, -0.2) is 18.5 Å². The lowest BCUT2D eigenvalue weighted by Gasteiger charge is -2.36. The Labute approximate surface area is 98.0 Å². The standard InChI is InChI=1S/C13H23NO2/c1-10(2)11(15)9-12(14)13(16-3)7-5-4-6-8-13/h9-10H,4-8,14H2,1-3H3/b12-9-. The fraction of sp³-hybridized carbons (Fsp3) is 0.769. The molecule has 16 heavy (non-hydrogen) atoms. The van der Waals surface area contributed by atoms with Crippen molar-refractivity contribution in [1.29, 1.82) is 0 Å². The number of carbonyl (C=O) groups excluding carboxylic acids is 1. The molecule has 0 radical (unpaired) electrons. The van der Waals surface area contributed by atoms with Crippen molar-refractivity contribution in [2.24, 2.45) is 11.7 Å². The Morgan fingerprint density at radius 2 is 1.88 bits per heavy atom. The van der Waals surface area contributed by atoms with Gasteiger partial charge in [0.1, 0.15) is 5.60 Å². The minimum Gasteiger partial charge on any atom is -0.400 e. The highest BCUT2D eigenvalue weighted by Gasteiger charge is 2.34. The molecule has 0 aromatic rings. The lowest BCUT2D eigenvalue weighted by Crippen LogP contribution is -2.40. The van der Waals surface area contributed by atoms with Crippen molar-refractivity contribution < 1.29 is 9.53 Å². The van der Waals surface area contributed by atoms with E-state index in [1.165, 1.54) is 6.42 Å². The fourth-order valence-electron chi connectivity index (χ4n) is 2.18. The van der Waals surface area contributed by atoms with E-state index in [1.54, 1.807) is 13.2 Å². The minimum absolute atomic E-state index is 0.00366. The summed E-state index contributed by atoms with van der Waals surface area (Å²) in [6.07, 6.45) is 6.90. The summed E-state index contributed by atoms with van der Waals surface area (Å²) in [5.74, 6) is 0.0792. The van der Waals surface area contributed by atoms with Gasteiger partial charge in [0.2, 0.25) is 0 Å². The van der Waals surface area contributed by atoms with Gasteiger partial charge in [-0.2, -0.15) is 0 Å². The molecule has 0 atom stereocenters. The Kier molecular flexibility index (Phi) is 4.54. The molecule has 3 nitrogen and oxygen atoms in total. The molecule has 0 saturated heterocycles. The first-order valence-corrected chi connectivity index (χ1v) is 6.08. The van der Waals surface area contributed by atoms with E-state index in [-0.39, 0.29) is 17.3 Å². The van der Waals surface area contributed by atoms with Crippen molar-refractivity contribution in [3.8, 4) is 0 Å². The lowest BCUT2D eigenvalue weighted by molar-refractivity contribution is -0.117. The van der Waals surface area contributed by atoms with Crippen LogP contribution in [0.1, 0.15) is 46.0 Å². The highest BCUT2D eigenvalue weighted by molar-refractivity contribution is 5.91. The van der Waals surface area contributed by atoms with Crippen LogP contribution in [0, 0.1) is 5.92 Å². The van der Waals surface area contributed by atoms with Crippen LogP contribution in [0.3, 0.4) is 0 Å². The highest BCUT2D eigenvalue weighted by atomic mass is 16.5. The van der Waals surface area contributed by atoms with Crippen LogP contribution < -0.4 is 5.73 Å². The SMILES string of the molecule is COC1(/C(N)=C/C(=O)C(C)C)CCCCC1. The van der Waals surface area contributed by atoms with Crippen molar-refractivity contribution in [3.05, 3.63) is 11.8 Å². The zero-order valence-corrected chi connectivity index (χ0v) is 10.6. The third-order valence-electron chi connectivity index (χ3n) is 3.44. The summed E-state index contributed by atoms with van der Waals surface area (Å²) in [5, 5.41) is 0. The molecule has 0 aromatic heterocycles. The van der Waals surface area contributed by atoms with Crippen molar-refractivity contribution in [2.45, 2.75) is 51.6 Å². The number of hydrogen-bond acceptors (Lipinski definition) is 3. The van der Waals surface area contributed by atoms with Gasteiger partial charge in [-0.1, -0.05) is 33.1 Å². The van der Waals surface area contributed by atoms with E-state index in [9.17, 15) is 4.79 Å². The first-order valence-electron chi connectivity index (χ1n) is 6.08. The van der Waals surface area contributed by atoms with Gasteiger partial charge in [-0.3, -0.25) is 4.79 Å². The van der Waals surface area contributed by atoms with Crippen molar-refractivity contribution in [1.82, 2.24) is 0 Å². The number of methoxy groups -OCH3 is 1. The number of hydrogen-bond donors (Lipinski definition) is 1. The van der Waals surface area contributed by atoms with Crippen LogP contribution in [0.5, 0.6) is 0 Å². The number of rotatable bonds is 4. The zero-order chi connectivity index (χ0) is 12.2. The summed E-state index contributed by atoms with van der Waals surface area (Å²) < 4.78 is 5.58. The molecule has 1 aliphatic carbocycles. The Morgan fingerprint density at radius 1 is 1.31 bits per heavy atom. The molecule has 0 bridgehead atoms. The molecule has 1 aliphatic rings. The number of ether oxygens (including phenoxy) is 1. The van der Waals surface area contributed by atoms with Gasteiger partial charge in [0, 0.05) is 24.8 Å². The summed E-state index contributed by atoms with van der Waals surface area (Å²) in [6.45, 7) is 3.76. The van der Waals surface area contributed by atoms with E-state index >= 15 is 0 Å². The monoisotopic (exact) mass is 225 g/mol. The van der Waals surface area contributed by atoms with Crippen molar-refractivity contribution in [3.63, 3.8) is 0 Å². The van der Waals surface area contributed by atoms with Crippen LogP contribution in [0.25, 0.3) is 0 Å². The number of ketones is 1. The molecule has 1 saturated carbocycles. The van der Waals surface area contributed by atoms with Gasteiger partial charge in [0.15, 0.2) is 5.78 Å². The molecule has 0 amide bonds. The van der Waals surface area contributed by atoms with E-state index in [2.05, 4.69) is 0 Å². The van der Waals surface area contributed by atoms with Gasteiger partial charge < -0.3 is 10.5 Å². The third-order valence-corrected chi connectivity index (χ3v) is 3.44. The second-order valence-electron chi connectivity index (χ2n) is 4.92. The molecule has 2 N–H and O–H groups in total. The zero-order valence-electron chi connectivity index (χ0n) is 10.6. The fourth-order valence-corrected chi connectivity index (χ4v) is 2.18. The van der Waals surface area contributed by atoms with E-state index in [0.29, 0.717) is 5.70 Å². The molecule has 1 fully saturated rings. The van der Waals surface area contributed by atoms with Gasteiger partial charge in [0.25, 0.3) is 0 Å². The van der Waals surface area contributed by atoms with Gasteiger partial charge in [-0.25, -0.2) is 0 Å². The molecular weight excluding hydrogens is 202 g/mol. The Hall–Kier alpha value is -0.830. The van der Waals surface area contributed by atoms with Crippen molar-refractivity contribution in [2.75, 3.05) is 7.11 Å². The molecule has 0 aliphatic heterocycles. The molecular formula is C13H23NO2. The lowest BCUT2D eigenvalue weighted by atomic mass is 9.81. The number of carbonyl (C=O) groups is 1. The summed E-state index contributed by atoms with van der Waals surface area (Å²) in [4.78, 5) is 11.6. The van der Waals surface area contributed by atoms with E-state index in [4.69, 9.17) is 10.5 Å². The minimum atomic E-state index is -0.386. The van der Waals surface area contributed by atoms with Gasteiger partial charge in [-0.05, 0) is 12.8 Å². The molecule has 0 aromatic carbocycles. The predicted octanol–water partition coefficient (Wildman–Crippen LogP) is 2.40. The maximum atomic E-state index is 11.6. The molecule has 0 unspecified atom stereocenters. The van der Waals surface area contributed by atoms with Crippen LogP contribution in [0.15, 0.2) is 11.8 Å². The summed E-state index contributed by atoms with van der Waals surface area (Å²) in [5.41, 5.74) is 6.27. The van der Waals surface area contributed by atoms with E-state index in [0.717, 1.165) is 25.7 Å². The second kappa shape index (κ2) is 5.48. The van der Waals surface area contributed by atoms with Crippen LogP contribution in [0.4, 0.5) is 0 Å². The summed E-state index contributed by atoms with van der Waals surface area (Å²) in [6, 6.07) is 0. The number of nitrogens with two attached hydrogens (primary N) is 1. The Morgan fingerprint density at radius 3 is 2.31 bits per heavy atom. The average molecular weight is 225 g/mol. The molecule has 0 spiro atoms. The Bertz CT molecular complexity index is 276. The smallest absolute Gasteiger partial charge is 0.160 e. The van der Waals surface area contributed by atoms with Gasteiger partial charge in [-0.15, -0.1) is 0 Å². The largest absolute Gasteiger partial charge is 0.400 e. The highest BCUT2D eigenvalue weighted by Crippen LogP contribution is 2.35. The molecule has 0 heterocycles. The van der Waals surface area contributed by atoms with Crippen LogP contribution in [0.2, 0.25) is 0 Å². The maximum Gasteiger partial charge on any atom is 0.160 e. The number of allylic oxidation sites excluding steroid dienone is 1. The quantitative estimate of drug-likeness (QED) is 0.747.